The zero-order chi connectivity index (χ0) is 25.9. The lowest BCUT2D eigenvalue weighted by Gasteiger charge is -2.26. The van der Waals surface area contributed by atoms with Gasteiger partial charge in [0.15, 0.2) is 0 Å². The Morgan fingerprint density at radius 3 is 1.62 bits per heavy atom. The van der Waals surface area contributed by atoms with Crippen LogP contribution < -0.4 is 18.9 Å². The molecule has 4 rings (SSSR count). The van der Waals surface area contributed by atoms with Crippen LogP contribution in [0.4, 0.5) is 0 Å². The van der Waals surface area contributed by atoms with Crippen LogP contribution in [-0.2, 0) is 0 Å². The zero-order valence-corrected chi connectivity index (χ0v) is 22.6. The number of ether oxygens (including phenoxy) is 4. The Morgan fingerprint density at radius 1 is 0.595 bits per heavy atom. The van der Waals surface area contributed by atoms with E-state index in [-0.39, 0.29) is 0 Å². The SMILES string of the molecule is CCCCOc1ccc(C2=C(c3ccc(OCCCC)cc3)c3ccc(OCCCC)cc3OC2)cc1. The maximum Gasteiger partial charge on any atom is 0.131 e. The highest BCUT2D eigenvalue weighted by atomic mass is 16.5. The number of fused-ring (bicyclic) bond motifs is 1. The highest BCUT2D eigenvalue weighted by Gasteiger charge is 2.23. The normalized spacial score (nSPS) is 12.6. The minimum atomic E-state index is 0.492. The molecule has 3 aromatic carbocycles. The van der Waals surface area contributed by atoms with Gasteiger partial charge in [-0.15, -0.1) is 0 Å². The number of hydrogen-bond acceptors (Lipinski definition) is 4. The topological polar surface area (TPSA) is 36.9 Å². The zero-order valence-electron chi connectivity index (χ0n) is 22.6. The molecule has 196 valence electrons. The van der Waals surface area contributed by atoms with Gasteiger partial charge in [0.2, 0.25) is 0 Å². The molecule has 3 aromatic rings. The molecular weight excluding hydrogens is 460 g/mol. The molecular formula is C33H40O4. The van der Waals surface area contributed by atoms with Gasteiger partial charge in [-0.2, -0.15) is 0 Å². The van der Waals surface area contributed by atoms with Gasteiger partial charge in [0.25, 0.3) is 0 Å². The molecule has 0 radical (unpaired) electrons. The molecule has 0 atom stereocenters. The van der Waals surface area contributed by atoms with Crippen molar-refractivity contribution in [1.82, 2.24) is 0 Å². The molecule has 0 N–H and O–H groups in total. The lowest BCUT2D eigenvalue weighted by molar-refractivity contribution is 0.305. The van der Waals surface area contributed by atoms with Crippen molar-refractivity contribution in [2.24, 2.45) is 0 Å². The second-order valence-electron chi connectivity index (χ2n) is 9.45. The highest BCUT2D eigenvalue weighted by molar-refractivity contribution is 6.01. The van der Waals surface area contributed by atoms with E-state index in [9.17, 15) is 0 Å². The summed E-state index contributed by atoms with van der Waals surface area (Å²) in [4.78, 5) is 0. The van der Waals surface area contributed by atoms with Crippen LogP contribution in [0.25, 0.3) is 11.1 Å². The van der Waals surface area contributed by atoms with E-state index < -0.39 is 0 Å². The van der Waals surface area contributed by atoms with Gasteiger partial charge in [-0.05, 0) is 72.4 Å². The van der Waals surface area contributed by atoms with Gasteiger partial charge < -0.3 is 18.9 Å². The number of benzene rings is 3. The molecule has 0 bridgehead atoms. The Labute approximate surface area is 222 Å². The van der Waals surface area contributed by atoms with Crippen molar-refractivity contribution >= 4 is 11.1 Å². The molecule has 4 heteroatoms. The maximum absolute atomic E-state index is 6.29. The van der Waals surface area contributed by atoms with Crippen LogP contribution in [0, 0.1) is 0 Å². The van der Waals surface area contributed by atoms with Crippen molar-refractivity contribution in [2.75, 3.05) is 26.4 Å². The first kappa shape index (κ1) is 26.7. The molecule has 4 nitrogen and oxygen atoms in total. The summed E-state index contributed by atoms with van der Waals surface area (Å²) >= 11 is 0. The molecule has 0 unspecified atom stereocenters. The molecule has 0 spiro atoms. The van der Waals surface area contributed by atoms with Crippen molar-refractivity contribution in [2.45, 2.75) is 59.3 Å². The summed E-state index contributed by atoms with van der Waals surface area (Å²) < 4.78 is 24.1. The monoisotopic (exact) mass is 500 g/mol. The Bertz CT molecular complexity index is 1150. The molecule has 0 saturated heterocycles. The number of hydrogen-bond donors (Lipinski definition) is 0. The van der Waals surface area contributed by atoms with E-state index in [4.69, 9.17) is 18.9 Å². The van der Waals surface area contributed by atoms with Crippen LogP contribution in [0.5, 0.6) is 23.0 Å². The van der Waals surface area contributed by atoms with Crippen LogP contribution >= 0.6 is 0 Å². The van der Waals surface area contributed by atoms with Crippen molar-refractivity contribution in [3.8, 4) is 23.0 Å². The third-order valence-electron chi connectivity index (χ3n) is 6.54. The van der Waals surface area contributed by atoms with E-state index in [0.717, 1.165) is 104 Å². The Morgan fingerprint density at radius 2 is 1.08 bits per heavy atom. The summed E-state index contributed by atoms with van der Waals surface area (Å²) in [7, 11) is 0. The first-order valence-corrected chi connectivity index (χ1v) is 13.8. The molecule has 0 amide bonds. The van der Waals surface area contributed by atoms with E-state index in [1.165, 1.54) is 5.57 Å². The Kier molecular flexibility index (Phi) is 9.93. The van der Waals surface area contributed by atoms with Crippen LogP contribution in [-0.4, -0.2) is 26.4 Å². The summed E-state index contributed by atoms with van der Waals surface area (Å²) in [5.41, 5.74) is 5.69. The third kappa shape index (κ3) is 7.09. The van der Waals surface area contributed by atoms with Gasteiger partial charge in [-0.25, -0.2) is 0 Å². The van der Waals surface area contributed by atoms with Gasteiger partial charge in [0.1, 0.15) is 29.6 Å². The standard InChI is InChI=1S/C33H40O4/c1-4-7-20-34-27-14-10-25(11-15-27)31-24-37-32-23-29(36-22-9-6-3)18-19-30(32)33(31)26-12-16-28(17-13-26)35-21-8-5-2/h10-19,23H,4-9,20-22,24H2,1-3H3. The smallest absolute Gasteiger partial charge is 0.131 e. The second kappa shape index (κ2) is 13.8. The Balaban J connectivity index is 1.67. The van der Waals surface area contributed by atoms with Crippen molar-refractivity contribution in [1.29, 1.82) is 0 Å². The van der Waals surface area contributed by atoms with E-state index >= 15 is 0 Å². The van der Waals surface area contributed by atoms with Crippen LogP contribution in [0.2, 0.25) is 0 Å². The largest absolute Gasteiger partial charge is 0.494 e. The van der Waals surface area contributed by atoms with Gasteiger partial charge in [0.05, 0.1) is 19.8 Å². The van der Waals surface area contributed by atoms with E-state index in [1.807, 2.05) is 12.1 Å². The molecule has 0 fully saturated rings. The van der Waals surface area contributed by atoms with E-state index in [0.29, 0.717) is 6.61 Å². The minimum Gasteiger partial charge on any atom is -0.494 e. The number of rotatable bonds is 14. The average Bonchev–Trinajstić information content (AvgIpc) is 2.94. The average molecular weight is 501 g/mol. The highest BCUT2D eigenvalue weighted by Crippen LogP contribution is 2.43. The summed E-state index contributed by atoms with van der Waals surface area (Å²) in [6.45, 7) is 9.21. The molecule has 1 aliphatic rings. The predicted molar refractivity (Wildman–Crippen MR) is 152 cm³/mol. The fourth-order valence-corrected chi connectivity index (χ4v) is 4.33. The van der Waals surface area contributed by atoms with Gasteiger partial charge in [-0.1, -0.05) is 64.3 Å². The summed E-state index contributed by atoms with van der Waals surface area (Å²) in [6.07, 6.45) is 6.51. The third-order valence-corrected chi connectivity index (χ3v) is 6.54. The van der Waals surface area contributed by atoms with Crippen LogP contribution in [0.15, 0.2) is 66.7 Å². The van der Waals surface area contributed by atoms with Crippen molar-refractivity contribution in [3.05, 3.63) is 83.4 Å². The first-order chi connectivity index (χ1) is 18.2. The lowest BCUT2D eigenvalue weighted by atomic mass is 9.87. The number of unbranched alkanes of at least 4 members (excludes halogenated alkanes) is 3. The van der Waals surface area contributed by atoms with E-state index in [2.05, 4.69) is 75.4 Å². The molecule has 37 heavy (non-hydrogen) atoms. The predicted octanol–water partition coefficient (Wildman–Crippen LogP) is 8.57. The molecule has 0 saturated carbocycles. The molecule has 0 aromatic heterocycles. The van der Waals surface area contributed by atoms with E-state index in [1.54, 1.807) is 0 Å². The molecule has 1 aliphatic heterocycles. The lowest BCUT2D eigenvalue weighted by Crippen LogP contribution is -2.12. The van der Waals surface area contributed by atoms with Gasteiger partial charge >= 0.3 is 0 Å². The summed E-state index contributed by atoms with van der Waals surface area (Å²) in [5, 5.41) is 0. The first-order valence-electron chi connectivity index (χ1n) is 13.8. The maximum atomic E-state index is 6.29. The van der Waals surface area contributed by atoms with Gasteiger partial charge in [0, 0.05) is 17.2 Å². The Hall–Kier alpha value is -3.40. The molecule has 0 aliphatic carbocycles. The second-order valence-corrected chi connectivity index (χ2v) is 9.45. The minimum absolute atomic E-state index is 0.492. The fraction of sp³-hybridized carbons (Fsp3) is 0.394. The van der Waals surface area contributed by atoms with Crippen LogP contribution in [0.3, 0.4) is 0 Å². The van der Waals surface area contributed by atoms with Crippen LogP contribution in [0.1, 0.15) is 76.0 Å². The summed E-state index contributed by atoms with van der Waals surface area (Å²) in [5.74, 6) is 3.51. The molecule has 1 heterocycles. The summed E-state index contributed by atoms with van der Waals surface area (Å²) in [6, 6.07) is 23.0. The van der Waals surface area contributed by atoms with Crippen molar-refractivity contribution in [3.63, 3.8) is 0 Å². The van der Waals surface area contributed by atoms with Gasteiger partial charge in [-0.3, -0.25) is 0 Å². The quantitative estimate of drug-likeness (QED) is 0.208. The fourth-order valence-electron chi connectivity index (χ4n) is 4.33. The van der Waals surface area contributed by atoms with Crippen molar-refractivity contribution < 1.29 is 18.9 Å².